The maximum absolute atomic E-state index is 13.1. The molecule has 0 bridgehead atoms. The largest absolute Gasteiger partial charge is 0.383 e. The second-order valence-electron chi connectivity index (χ2n) is 8.19. The molecule has 196 valence electrons. The van der Waals surface area contributed by atoms with Crippen molar-refractivity contribution in [3.63, 3.8) is 0 Å². The van der Waals surface area contributed by atoms with Crippen molar-refractivity contribution in [2.45, 2.75) is 42.6 Å². The minimum atomic E-state index is -3.62. The van der Waals surface area contributed by atoms with E-state index in [9.17, 15) is 8.42 Å². The van der Waals surface area contributed by atoms with Crippen LogP contribution < -0.4 is 10.6 Å². The van der Waals surface area contributed by atoms with Gasteiger partial charge >= 0.3 is 0 Å². The molecule has 1 atom stereocenters. The minimum absolute atomic E-state index is 0.119. The molecule has 0 fully saturated rings. The molecule has 0 amide bonds. The average Bonchev–Trinajstić information content (AvgIpc) is 3.27. The van der Waals surface area contributed by atoms with E-state index in [1.807, 2.05) is 45.5 Å². The number of nitrogens with two attached hydrogens (primary N) is 1. The van der Waals surface area contributed by atoms with Gasteiger partial charge in [0.1, 0.15) is 5.82 Å². The van der Waals surface area contributed by atoms with E-state index >= 15 is 0 Å². The lowest BCUT2D eigenvalue weighted by Gasteiger charge is -2.20. The summed E-state index contributed by atoms with van der Waals surface area (Å²) in [7, 11) is 1.66. The van der Waals surface area contributed by atoms with Crippen LogP contribution in [-0.4, -0.2) is 83.3 Å². The Balaban J connectivity index is 1.99. The van der Waals surface area contributed by atoms with E-state index in [2.05, 4.69) is 25.1 Å². The van der Waals surface area contributed by atoms with E-state index in [4.69, 9.17) is 10.5 Å². The van der Waals surface area contributed by atoms with Crippen LogP contribution in [0.2, 0.25) is 0 Å². The van der Waals surface area contributed by atoms with Crippen LogP contribution >= 0.6 is 11.8 Å². The van der Waals surface area contributed by atoms with Crippen LogP contribution in [0, 0.1) is 0 Å². The first-order valence-electron chi connectivity index (χ1n) is 11.5. The summed E-state index contributed by atoms with van der Waals surface area (Å²) < 4.78 is 34.9. The molecule has 0 aliphatic carbocycles. The van der Waals surface area contributed by atoms with Crippen LogP contribution in [0.4, 0.5) is 11.9 Å². The predicted octanol–water partition coefficient (Wildman–Crippen LogP) is 2.31. The second kappa shape index (κ2) is 12.0. The van der Waals surface area contributed by atoms with Gasteiger partial charge in [-0.05, 0) is 19.1 Å². The number of rotatable bonds is 12. The van der Waals surface area contributed by atoms with Crippen LogP contribution in [0.1, 0.15) is 32.6 Å². The van der Waals surface area contributed by atoms with Gasteiger partial charge in [0.2, 0.25) is 21.9 Å². The first kappa shape index (κ1) is 27.8. The molecule has 0 radical (unpaired) electrons. The number of sulfonamides is 1. The fourth-order valence-corrected chi connectivity index (χ4v) is 6.01. The molecule has 1 aromatic carbocycles. The fraction of sp³-hybridized carbons (Fsp3) is 0.500. The number of hydrogen-bond donors (Lipinski definition) is 1. The monoisotopic (exact) mass is 535 g/mol. The van der Waals surface area contributed by atoms with Gasteiger partial charge in [-0.25, -0.2) is 8.42 Å². The Hall–Kier alpha value is -2.81. The van der Waals surface area contributed by atoms with Crippen molar-refractivity contribution < 1.29 is 13.2 Å². The van der Waals surface area contributed by atoms with Crippen molar-refractivity contribution in [2.75, 3.05) is 51.5 Å². The average molecular weight is 536 g/mol. The molecule has 12 nitrogen and oxygen atoms in total. The molecule has 0 aliphatic rings. The number of benzene rings is 1. The SMILES string of the molecule is CCN(CC)S(=O)(=O)c1cccc(-c2nnc(SCc3nc(N)nc(N(C)C)n3)n2[C@H](C)COC)c1. The third-order valence-electron chi connectivity index (χ3n) is 5.37. The molecule has 2 N–H and O–H groups in total. The molecular formula is C22H33N9O3S2. The Labute approximate surface area is 216 Å². The smallest absolute Gasteiger partial charge is 0.243 e. The summed E-state index contributed by atoms with van der Waals surface area (Å²) >= 11 is 1.40. The molecule has 0 spiro atoms. The second-order valence-corrected chi connectivity index (χ2v) is 11.1. The van der Waals surface area contributed by atoms with Gasteiger partial charge in [-0.3, -0.25) is 4.57 Å². The lowest BCUT2D eigenvalue weighted by molar-refractivity contribution is 0.159. The van der Waals surface area contributed by atoms with E-state index in [0.29, 0.717) is 53.8 Å². The van der Waals surface area contributed by atoms with Gasteiger partial charge in [0.25, 0.3) is 0 Å². The molecule has 2 aromatic heterocycles. The van der Waals surface area contributed by atoms with Crippen molar-refractivity contribution in [2.24, 2.45) is 0 Å². The summed E-state index contributed by atoms with van der Waals surface area (Å²) in [5.74, 6) is 2.06. The van der Waals surface area contributed by atoms with Crippen molar-refractivity contribution in [3.05, 3.63) is 30.1 Å². The van der Waals surface area contributed by atoms with E-state index in [1.165, 1.54) is 16.1 Å². The van der Waals surface area contributed by atoms with Gasteiger partial charge in [-0.15, -0.1) is 10.2 Å². The van der Waals surface area contributed by atoms with Crippen LogP contribution in [-0.2, 0) is 20.5 Å². The Morgan fingerprint density at radius 2 is 1.86 bits per heavy atom. The van der Waals surface area contributed by atoms with Gasteiger partial charge in [0.15, 0.2) is 11.0 Å². The maximum atomic E-state index is 13.1. The highest BCUT2D eigenvalue weighted by Gasteiger charge is 2.24. The lowest BCUT2D eigenvalue weighted by Crippen LogP contribution is -2.30. The van der Waals surface area contributed by atoms with E-state index in [1.54, 1.807) is 30.2 Å². The van der Waals surface area contributed by atoms with Gasteiger partial charge in [-0.1, -0.05) is 37.7 Å². The maximum Gasteiger partial charge on any atom is 0.243 e. The summed E-state index contributed by atoms with van der Waals surface area (Å²) in [6.07, 6.45) is 0. The third-order valence-corrected chi connectivity index (χ3v) is 8.35. The van der Waals surface area contributed by atoms with Crippen molar-refractivity contribution >= 4 is 33.7 Å². The first-order valence-corrected chi connectivity index (χ1v) is 13.9. The van der Waals surface area contributed by atoms with E-state index in [0.717, 1.165) is 0 Å². The summed E-state index contributed by atoms with van der Waals surface area (Å²) in [6, 6.07) is 6.66. The zero-order valence-electron chi connectivity index (χ0n) is 21.4. The van der Waals surface area contributed by atoms with Gasteiger partial charge in [-0.2, -0.15) is 19.3 Å². The number of nitrogen functional groups attached to an aromatic ring is 1. The number of aromatic nitrogens is 6. The standard InChI is InChI=1S/C22H33N9O3S2/c1-7-30(8-2)36(32,33)17-11-9-10-16(12-17)19-27-28-22(31(19)15(3)13-34-6)35-14-18-24-20(23)26-21(25-18)29(4)5/h9-12,15H,7-8,13-14H2,1-6H3,(H2,23,24,25,26)/t15-/m1/s1. The van der Waals surface area contributed by atoms with Crippen molar-refractivity contribution in [1.82, 2.24) is 34.0 Å². The van der Waals surface area contributed by atoms with Gasteiger partial charge in [0, 0.05) is 39.9 Å². The van der Waals surface area contributed by atoms with Crippen LogP contribution in [0.3, 0.4) is 0 Å². The molecule has 2 heterocycles. The number of ether oxygens (including phenoxy) is 1. The topological polar surface area (TPSA) is 145 Å². The highest BCUT2D eigenvalue weighted by molar-refractivity contribution is 7.98. The molecule has 0 aliphatic heterocycles. The minimum Gasteiger partial charge on any atom is -0.383 e. The van der Waals surface area contributed by atoms with Crippen molar-refractivity contribution in [3.8, 4) is 11.4 Å². The van der Waals surface area contributed by atoms with Crippen LogP contribution in [0.25, 0.3) is 11.4 Å². The number of hydrogen-bond acceptors (Lipinski definition) is 11. The van der Waals surface area contributed by atoms with Crippen LogP contribution in [0.5, 0.6) is 0 Å². The first-order chi connectivity index (χ1) is 17.1. The summed E-state index contributed by atoms with van der Waals surface area (Å²) in [5.41, 5.74) is 6.50. The number of methoxy groups -OCH3 is 1. The third kappa shape index (κ3) is 6.11. The molecule has 36 heavy (non-hydrogen) atoms. The molecule has 3 rings (SSSR count). The zero-order chi connectivity index (χ0) is 26.5. The summed E-state index contributed by atoms with van der Waals surface area (Å²) in [4.78, 5) is 14.8. The predicted molar refractivity (Wildman–Crippen MR) is 140 cm³/mol. The molecule has 0 saturated heterocycles. The fourth-order valence-electron chi connectivity index (χ4n) is 3.61. The molecule has 0 saturated carbocycles. The van der Waals surface area contributed by atoms with E-state index < -0.39 is 10.0 Å². The van der Waals surface area contributed by atoms with Gasteiger partial charge < -0.3 is 15.4 Å². The van der Waals surface area contributed by atoms with Gasteiger partial charge in [0.05, 0.1) is 23.3 Å². The highest BCUT2D eigenvalue weighted by Crippen LogP contribution is 2.31. The lowest BCUT2D eigenvalue weighted by atomic mass is 10.2. The highest BCUT2D eigenvalue weighted by atomic mass is 32.2. The molecule has 0 unspecified atom stereocenters. The Kier molecular flexibility index (Phi) is 9.22. The van der Waals surface area contributed by atoms with Crippen LogP contribution in [0.15, 0.2) is 34.3 Å². The zero-order valence-corrected chi connectivity index (χ0v) is 23.0. The molecular weight excluding hydrogens is 502 g/mol. The number of nitrogens with zero attached hydrogens (tertiary/aromatic N) is 8. The number of thioether (sulfide) groups is 1. The summed E-state index contributed by atoms with van der Waals surface area (Å²) in [6.45, 7) is 6.82. The van der Waals surface area contributed by atoms with Crippen molar-refractivity contribution in [1.29, 1.82) is 0 Å². The normalized spacial score (nSPS) is 12.8. The Bertz CT molecular complexity index is 1280. The quantitative estimate of drug-likeness (QED) is 0.341. The molecule has 3 aromatic rings. The summed E-state index contributed by atoms with van der Waals surface area (Å²) in [5, 5.41) is 9.44. The molecule has 14 heteroatoms. The Morgan fingerprint density at radius 1 is 1.14 bits per heavy atom. The Morgan fingerprint density at radius 3 is 2.50 bits per heavy atom. The van der Waals surface area contributed by atoms with E-state index in [-0.39, 0.29) is 16.9 Å². The number of anilines is 2.